The number of aliphatic imine (C=N–C) groups is 1. The third-order valence-corrected chi connectivity index (χ3v) is 4.51. The van der Waals surface area contributed by atoms with E-state index in [0.29, 0.717) is 38.5 Å². The summed E-state index contributed by atoms with van der Waals surface area (Å²) in [4.78, 5) is 53.5. The van der Waals surface area contributed by atoms with Crippen LogP contribution >= 0.6 is 0 Å². The molecule has 0 aromatic rings. The average Bonchev–Trinajstić information content (AvgIpc) is 2.66. The van der Waals surface area contributed by atoms with E-state index in [4.69, 9.17) is 16.2 Å². The fourth-order valence-electron chi connectivity index (χ4n) is 3.10. The van der Waals surface area contributed by atoms with E-state index >= 15 is 0 Å². The lowest BCUT2D eigenvalue weighted by Gasteiger charge is -2.27. The second-order valence-corrected chi connectivity index (χ2v) is 10.2. The number of aldehydes is 1. The molecule has 3 atom stereocenters. The van der Waals surface area contributed by atoms with E-state index in [1.807, 2.05) is 27.7 Å². The summed E-state index contributed by atoms with van der Waals surface area (Å²) in [6, 6.07) is -2.49. The lowest BCUT2D eigenvalue weighted by atomic mass is 10.00. The van der Waals surface area contributed by atoms with Gasteiger partial charge in [-0.15, -0.1) is 0 Å². The van der Waals surface area contributed by atoms with Crippen LogP contribution in [0.15, 0.2) is 4.99 Å². The van der Waals surface area contributed by atoms with E-state index in [-0.39, 0.29) is 17.8 Å². The Hall–Kier alpha value is -2.85. The normalized spacial score (nSPS) is 14.0. The molecule has 0 fully saturated rings. The summed E-state index contributed by atoms with van der Waals surface area (Å²) < 4.78 is 5.27. The molecule has 11 heteroatoms. The van der Waals surface area contributed by atoms with Gasteiger partial charge in [-0.2, -0.15) is 0 Å². The number of nitrogens with two attached hydrogens (primary N) is 2. The van der Waals surface area contributed by atoms with Crippen molar-refractivity contribution in [2.75, 3.05) is 6.54 Å². The molecule has 0 bridgehead atoms. The van der Waals surface area contributed by atoms with Gasteiger partial charge in [-0.1, -0.05) is 27.7 Å². The highest BCUT2D eigenvalue weighted by atomic mass is 16.6. The van der Waals surface area contributed by atoms with Gasteiger partial charge in [0.05, 0.1) is 6.04 Å². The van der Waals surface area contributed by atoms with E-state index in [1.54, 1.807) is 20.8 Å². The number of carbonyl (C=O) groups excluding carboxylic acids is 4. The molecule has 0 saturated heterocycles. The summed E-state index contributed by atoms with van der Waals surface area (Å²) >= 11 is 0. The Kier molecular flexibility index (Phi) is 13.9. The van der Waals surface area contributed by atoms with Crippen molar-refractivity contribution in [3.8, 4) is 0 Å². The number of hydrogen-bond acceptors (Lipinski definition) is 6. The van der Waals surface area contributed by atoms with E-state index in [0.717, 1.165) is 0 Å². The zero-order valence-corrected chi connectivity index (χ0v) is 21.6. The Morgan fingerprint density at radius 2 is 1.41 bits per heavy atom. The molecule has 0 aliphatic rings. The summed E-state index contributed by atoms with van der Waals surface area (Å²) in [6.45, 7) is 13.2. The Morgan fingerprint density at radius 3 is 1.85 bits per heavy atom. The number of guanidine groups is 1. The first-order chi connectivity index (χ1) is 15.6. The van der Waals surface area contributed by atoms with Gasteiger partial charge in [0.15, 0.2) is 5.96 Å². The summed E-state index contributed by atoms with van der Waals surface area (Å²) in [7, 11) is 0. The molecule has 0 aliphatic carbocycles. The van der Waals surface area contributed by atoms with Gasteiger partial charge >= 0.3 is 6.09 Å². The monoisotopic (exact) mass is 484 g/mol. The van der Waals surface area contributed by atoms with Crippen molar-refractivity contribution in [1.29, 1.82) is 0 Å². The molecule has 0 aromatic carbocycles. The van der Waals surface area contributed by atoms with E-state index < -0.39 is 41.6 Å². The number of nitrogens with zero attached hydrogens (tertiary/aromatic N) is 1. The number of hydrogen-bond donors (Lipinski definition) is 5. The van der Waals surface area contributed by atoms with Gasteiger partial charge < -0.3 is 36.9 Å². The topological polar surface area (TPSA) is 178 Å². The summed E-state index contributed by atoms with van der Waals surface area (Å²) in [5.41, 5.74) is 9.85. The van der Waals surface area contributed by atoms with Crippen molar-refractivity contribution < 1.29 is 23.9 Å². The van der Waals surface area contributed by atoms with Crippen LogP contribution in [0.2, 0.25) is 0 Å². The smallest absolute Gasteiger partial charge is 0.408 e. The molecule has 0 rings (SSSR count). The maximum Gasteiger partial charge on any atom is 0.408 e. The van der Waals surface area contributed by atoms with Crippen molar-refractivity contribution in [2.45, 2.75) is 97.9 Å². The highest BCUT2D eigenvalue weighted by Gasteiger charge is 2.30. The predicted octanol–water partition coefficient (Wildman–Crippen LogP) is 1.19. The number of rotatable bonds is 14. The van der Waals surface area contributed by atoms with Crippen LogP contribution in [0.1, 0.15) is 74.1 Å². The number of ether oxygens (including phenoxy) is 1. The van der Waals surface area contributed by atoms with Crippen molar-refractivity contribution in [3.63, 3.8) is 0 Å². The molecule has 0 unspecified atom stereocenters. The third-order valence-electron chi connectivity index (χ3n) is 4.51. The highest BCUT2D eigenvalue weighted by Crippen LogP contribution is 2.11. The van der Waals surface area contributed by atoms with Gasteiger partial charge in [0.25, 0.3) is 0 Å². The first kappa shape index (κ1) is 31.1. The second kappa shape index (κ2) is 15.1. The first-order valence-corrected chi connectivity index (χ1v) is 11.8. The largest absolute Gasteiger partial charge is 0.444 e. The third kappa shape index (κ3) is 15.1. The fourth-order valence-corrected chi connectivity index (χ4v) is 3.10. The Bertz CT molecular complexity index is 698. The summed E-state index contributed by atoms with van der Waals surface area (Å²) in [5, 5.41) is 8.02. The molecule has 0 spiro atoms. The van der Waals surface area contributed by atoms with Crippen molar-refractivity contribution in [2.24, 2.45) is 28.3 Å². The van der Waals surface area contributed by atoms with Crippen LogP contribution < -0.4 is 27.4 Å². The maximum absolute atomic E-state index is 13.0. The molecular formula is C23H44N6O5. The lowest BCUT2D eigenvalue weighted by Crippen LogP contribution is -2.56. The van der Waals surface area contributed by atoms with Gasteiger partial charge in [-0.3, -0.25) is 14.6 Å². The molecule has 0 aromatic heterocycles. The van der Waals surface area contributed by atoms with Gasteiger partial charge in [0, 0.05) is 6.54 Å². The minimum Gasteiger partial charge on any atom is -0.444 e. The van der Waals surface area contributed by atoms with Crippen LogP contribution in [0.3, 0.4) is 0 Å². The fraction of sp³-hybridized carbons (Fsp3) is 0.783. The summed E-state index contributed by atoms with van der Waals surface area (Å²) in [5.74, 6) is -0.803. The number of nitrogens with one attached hydrogen (secondary N) is 3. The number of alkyl carbamates (subject to hydrolysis) is 1. The minimum absolute atomic E-state index is 0.0395. The number of carbonyl (C=O) groups is 4. The van der Waals surface area contributed by atoms with Crippen LogP contribution in [0.25, 0.3) is 0 Å². The second-order valence-electron chi connectivity index (χ2n) is 10.2. The van der Waals surface area contributed by atoms with E-state index in [2.05, 4.69) is 20.9 Å². The van der Waals surface area contributed by atoms with Gasteiger partial charge in [0.1, 0.15) is 24.0 Å². The molecule has 196 valence electrons. The highest BCUT2D eigenvalue weighted by molar-refractivity contribution is 5.92. The Morgan fingerprint density at radius 1 is 0.912 bits per heavy atom. The van der Waals surface area contributed by atoms with Gasteiger partial charge in [-0.25, -0.2) is 4.79 Å². The van der Waals surface area contributed by atoms with Crippen LogP contribution in [0.5, 0.6) is 0 Å². The quantitative estimate of drug-likeness (QED) is 0.106. The summed E-state index contributed by atoms with van der Waals surface area (Å²) in [6.07, 6.45) is 1.51. The standard InChI is InChI=1S/C23H44N6O5/c1-14(2)11-17(19(31)27-16(13-30)9-8-10-26-21(24)25)28-20(32)18(12-15(3)4)29-22(33)34-23(5,6)7/h13-18H,8-12H2,1-7H3,(H,27,31)(H,28,32)(H,29,33)(H4,24,25,26)/t16-,17+,18-/m0/s1. The predicted molar refractivity (Wildman–Crippen MR) is 132 cm³/mol. The SMILES string of the molecule is CC(C)C[C@H](NC(=O)OC(C)(C)C)C(=O)N[C@H](CC(C)C)C(=O)N[C@H](C=O)CCCN=C(N)N. The number of amides is 3. The Labute approximate surface area is 203 Å². The average molecular weight is 485 g/mol. The van der Waals surface area contributed by atoms with Crippen LogP contribution in [-0.2, 0) is 19.1 Å². The Balaban J connectivity index is 5.30. The molecule has 0 radical (unpaired) electrons. The zero-order chi connectivity index (χ0) is 26.5. The zero-order valence-electron chi connectivity index (χ0n) is 21.6. The molecule has 0 heterocycles. The van der Waals surface area contributed by atoms with Crippen molar-refractivity contribution in [3.05, 3.63) is 0 Å². The maximum atomic E-state index is 13.0. The molecule has 11 nitrogen and oxygen atoms in total. The van der Waals surface area contributed by atoms with Crippen LogP contribution in [0.4, 0.5) is 4.79 Å². The van der Waals surface area contributed by atoms with Crippen molar-refractivity contribution in [1.82, 2.24) is 16.0 Å². The molecule has 0 aliphatic heterocycles. The van der Waals surface area contributed by atoms with Crippen LogP contribution in [0, 0.1) is 11.8 Å². The van der Waals surface area contributed by atoms with E-state index in [9.17, 15) is 19.2 Å². The molecule has 3 amide bonds. The van der Waals surface area contributed by atoms with Gasteiger partial charge in [0.2, 0.25) is 11.8 Å². The molecule has 7 N–H and O–H groups in total. The molecular weight excluding hydrogens is 440 g/mol. The molecule has 0 saturated carbocycles. The minimum atomic E-state index is -0.876. The van der Waals surface area contributed by atoms with Crippen LogP contribution in [-0.4, -0.2) is 60.4 Å². The van der Waals surface area contributed by atoms with E-state index in [1.165, 1.54) is 0 Å². The van der Waals surface area contributed by atoms with Gasteiger partial charge in [-0.05, 0) is 58.3 Å². The molecule has 34 heavy (non-hydrogen) atoms. The lowest BCUT2D eigenvalue weighted by molar-refractivity contribution is -0.131. The van der Waals surface area contributed by atoms with Crippen molar-refractivity contribution >= 4 is 30.2 Å². The first-order valence-electron chi connectivity index (χ1n) is 11.8.